The number of carbonyl (C=O) groups excluding carboxylic acids is 1. The number of rotatable bonds is 4. The normalized spacial score (nSPS) is 16.5. The zero-order chi connectivity index (χ0) is 23.7. The number of likely N-dealkylation sites (N-methyl/N-ethyl adjacent to an activating group) is 1. The van der Waals surface area contributed by atoms with Gasteiger partial charge in [0.1, 0.15) is 11.6 Å². The summed E-state index contributed by atoms with van der Waals surface area (Å²) in [7, 11) is 0. The van der Waals surface area contributed by atoms with Crippen LogP contribution in [0.4, 0.5) is 11.6 Å². The number of pyridine rings is 3. The summed E-state index contributed by atoms with van der Waals surface area (Å²) in [6, 6.07) is 8.88. The largest absolute Gasteiger partial charge is 0.354 e. The minimum Gasteiger partial charge on any atom is -0.354 e. The van der Waals surface area contributed by atoms with Gasteiger partial charge in [-0.15, -0.1) is 0 Å². The average molecular weight is 417 g/mol. The lowest BCUT2D eigenvalue weighted by atomic mass is 10.2. The Hall–Kier alpha value is -3.85. The van der Waals surface area contributed by atoms with Crippen molar-refractivity contribution in [2.24, 2.45) is 0 Å². The molecule has 0 aromatic carbocycles. The van der Waals surface area contributed by atoms with Gasteiger partial charge in [0.15, 0.2) is 0 Å². The van der Waals surface area contributed by atoms with Gasteiger partial charge in [0.05, 0.1) is 17.4 Å². The zero-order valence-corrected chi connectivity index (χ0v) is 16.6. The third-order valence-electron chi connectivity index (χ3n) is 5.22. The Morgan fingerprint density at radius 2 is 2.03 bits per heavy atom. The van der Waals surface area contributed by atoms with E-state index in [-0.39, 0.29) is 5.91 Å². The fourth-order valence-electron chi connectivity index (χ4n) is 3.49. The molecule has 31 heavy (non-hydrogen) atoms. The fourth-order valence-corrected chi connectivity index (χ4v) is 3.49. The molecule has 0 unspecified atom stereocenters. The first-order valence-electron chi connectivity index (χ1n) is 11.4. The minimum atomic E-state index is -2.09. The maximum absolute atomic E-state index is 12.9. The molecule has 1 fully saturated rings. The summed E-state index contributed by atoms with van der Waals surface area (Å²) in [4.78, 5) is 29.7. The van der Waals surface area contributed by atoms with Gasteiger partial charge in [-0.2, -0.15) is 5.10 Å². The Bertz CT molecular complexity index is 1320. The first-order valence-corrected chi connectivity index (χ1v) is 9.90. The van der Waals surface area contributed by atoms with Crippen molar-refractivity contribution in [2.45, 2.75) is 0 Å². The number of nitrogens with zero attached hydrogens (tertiary/aromatic N) is 6. The van der Waals surface area contributed by atoms with Crippen LogP contribution in [-0.2, 0) is 0 Å². The van der Waals surface area contributed by atoms with Crippen LogP contribution in [0.5, 0.6) is 0 Å². The molecule has 5 heterocycles. The quantitative estimate of drug-likeness (QED) is 0.526. The highest BCUT2D eigenvalue weighted by Crippen LogP contribution is 2.22. The number of amides is 1. The summed E-state index contributed by atoms with van der Waals surface area (Å²) in [5, 5.41) is 10.4. The number of anilines is 2. The maximum Gasteiger partial charge on any atom is 0.257 e. The van der Waals surface area contributed by atoms with Crippen molar-refractivity contribution >= 4 is 28.4 Å². The van der Waals surface area contributed by atoms with Crippen molar-refractivity contribution in [3.63, 3.8) is 0 Å². The number of nitrogens with one attached hydrogen (secondary N) is 2. The highest BCUT2D eigenvalue weighted by atomic mass is 16.1. The summed E-state index contributed by atoms with van der Waals surface area (Å²) < 4.78 is 22.6. The van der Waals surface area contributed by atoms with Crippen LogP contribution in [-0.4, -0.2) is 69.1 Å². The molecule has 0 aliphatic carbocycles. The second kappa shape index (κ2) is 8.11. The number of hydrogen-bond donors (Lipinski definition) is 2. The van der Waals surface area contributed by atoms with Gasteiger partial charge >= 0.3 is 0 Å². The lowest BCUT2D eigenvalue weighted by Gasteiger charge is -2.33. The van der Waals surface area contributed by atoms with E-state index in [0.29, 0.717) is 48.9 Å². The molecule has 1 saturated heterocycles. The standard InChI is InChI=1S/C22H22N8O/c1-29-6-8-30(9-7-29)21-10-15(4-5-23-21)22(31)28-20-11-19-16(12-24-20)2-3-18(27-19)17-13-25-26-14-17/h2-5,10-14H,6-9H2,1H3,(H,25,26)(H,24,28,31)/i1D3. The van der Waals surface area contributed by atoms with E-state index in [1.807, 2.05) is 17.0 Å². The van der Waals surface area contributed by atoms with Crippen molar-refractivity contribution in [1.29, 1.82) is 0 Å². The molecule has 0 saturated carbocycles. The van der Waals surface area contributed by atoms with Crippen LogP contribution < -0.4 is 10.2 Å². The number of aromatic amines is 1. The molecule has 4 aromatic heterocycles. The van der Waals surface area contributed by atoms with Crippen LogP contribution in [0, 0.1) is 0 Å². The van der Waals surface area contributed by atoms with E-state index in [0.717, 1.165) is 16.6 Å². The number of aromatic nitrogens is 5. The van der Waals surface area contributed by atoms with Gasteiger partial charge in [0, 0.05) is 71.5 Å². The second-order valence-corrected chi connectivity index (χ2v) is 7.28. The Kier molecular flexibility index (Phi) is 4.17. The molecule has 1 amide bonds. The highest BCUT2D eigenvalue weighted by Gasteiger charge is 2.17. The Morgan fingerprint density at radius 1 is 1.13 bits per heavy atom. The fraction of sp³-hybridized carbons (Fsp3) is 0.227. The summed E-state index contributed by atoms with van der Waals surface area (Å²) in [5.41, 5.74) is 2.77. The molecular weight excluding hydrogens is 392 g/mol. The van der Waals surface area contributed by atoms with Crippen molar-refractivity contribution in [3.05, 3.63) is 60.7 Å². The van der Waals surface area contributed by atoms with Crippen LogP contribution in [0.2, 0.25) is 0 Å². The molecule has 0 spiro atoms. The number of piperazine rings is 1. The smallest absolute Gasteiger partial charge is 0.257 e. The third-order valence-corrected chi connectivity index (χ3v) is 5.22. The van der Waals surface area contributed by atoms with E-state index in [1.165, 1.54) is 4.90 Å². The van der Waals surface area contributed by atoms with E-state index in [9.17, 15) is 4.79 Å². The maximum atomic E-state index is 12.9. The van der Waals surface area contributed by atoms with Gasteiger partial charge in [0.25, 0.3) is 5.91 Å². The molecule has 9 heteroatoms. The average Bonchev–Trinajstić information content (AvgIpc) is 3.38. The van der Waals surface area contributed by atoms with Gasteiger partial charge in [-0.3, -0.25) is 9.89 Å². The molecule has 1 aliphatic rings. The summed E-state index contributed by atoms with van der Waals surface area (Å²) >= 11 is 0. The Balaban J connectivity index is 1.31. The van der Waals surface area contributed by atoms with E-state index >= 15 is 0 Å². The van der Waals surface area contributed by atoms with E-state index in [1.54, 1.807) is 43.0 Å². The number of fused-ring (bicyclic) bond motifs is 1. The molecular formula is C22H22N8O. The molecule has 5 rings (SSSR count). The number of hydrogen-bond acceptors (Lipinski definition) is 7. The first-order chi connectivity index (χ1) is 16.4. The predicted octanol–water partition coefficient (Wildman–Crippen LogP) is 2.42. The van der Waals surface area contributed by atoms with Gasteiger partial charge in [-0.1, -0.05) is 0 Å². The minimum absolute atomic E-state index is 0.317. The summed E-state index contributed by atoms with van der Waals surface area (Å²) in [6.07, 6.45) is 6.70. The molecule has 156 valence electrons. The molecule has 2 N–H and O–H groups in total. The van der Waals surface area contributed by atoms with E-state index in [4.69, 9.17) is 4.11 Å². The molecule has 9 nitrogen and oxygen atoms in total. The second-order valence-electron chi connectivity index (χ2n) is 7.28. The van der Waals surface area contributed by atoms with Gasteiger partial charge in [0.2, 0.25) is 0 Å². The third kappa shape index (κ3) is 4.08. The SMILES string of the molecule is [2H]C([2H])([2H])N1CCN(c2cc(C(=O)Nc3cc4nc(-c5cn[nH]c5)ccc4cn3)ccn2)CC1. The van der Waals surface area contributed by atoms with Gasteiger partial charge in [-0.05, 0) is 31.2 Å². The van der Waals surface area contributed by atoms with Crippen molar-refractivity contribution in [3.8, 4) is 11.3 Å². The number of H-pyrrole nitrogens is 1. The molecule has 4 aromatic rings. The van der Waals surface area contributed by atoms with Crippen molar-refractivity contribution in [2.75, 3.05) is 43.4 Å². The van der Waals surface area contributed by atoms with Crippen molar-refractivity contribution in [1.82, 2.24) is 30.0 Å². The molecule has 1 aliphatic heterocycles. The van der Waals surface area contributed by atoms with Gasteiger partial charge in [-0.25, -0.2) is 15.0 Å². The lowest BCUT2D eigenvalue weighted by molar-refractivity contribution is 0.102. The predicted molar refractivity (Wildman–Crippen MR) is 119 cm³/mol. The van der Waals surface area contributed by atoms with Crippen LogP contribution in [0.25, 0.3) is 22.2 Å². The van der Waals surface area contributed by atoms with Crippen LogP contribution >= 0.6 is 0 Å². The molecule has 0 atom stereocenters. The van der Waals surface area contributed by atoms with E-state index < -0.39 is 6.98 Å². The van der Waals surface area contributed by atoms with E-state index in [2.05, 4.69) is 30.5 Å². The zero-order valence-electron chi connectivity index (χ0n) is 19.6. The summed E-state index contributed by atoms with van der Waals surface area (Å²) in [6.45, 7) is -0.240. The van der Waals surface area contributed by atoms with Crippen LogP contribution in [0.15, 0.2) is 55.1 Å². The van der Waals surface area contributed by atoms with Crippen LogP contribution in [0.3, 0.4) is 0 Å². The van der Waals surface area contributed by atoms with Crippen LogP contribution in [0.1, 0.15) is 14.5 Å². The monoisotopic (exact) mass is 417 g/mol. The van der Waals surface area contributed by atoms with Crippen molar-refractivity contribution < 1.29 is 8.91 Å². The van der Waals surface area contributed by atoms with Gasteiger partial charge < -0.3 is 15.1 Å². The lowest BCUT2D eigenvalue weighted by Crippen LogP contribution is -2.44. The Labute approximate surface area is 183 Å². The number of carbonyl (C=O) groups is 1. The first kappa shape index (κ1) is 15.9. The Morgan fingerprint density at radius 3 is 2.84 bits per heavy atom. The highest BCUT2D eigenvalue weighted by molar-refractivity contribution is 6.04. The molecule has 0 bridgehead atoms. The molecule has 0 radical (unpaired) electrons. The topological polar surface area (TPSA) is 103 Å². The summed E-state index contributed by atoms with van der Waals surface area (Å²) in [5.74, 6) is 0.706.